The molecule has 0 amide bonds. The van der Waals surface area contributed by atoms with Crippen molar-refractivity contribution in [2.75, 3.05) is 13.1 Å². The van der Waals surface area contributed by atoms with Crippen LogP contribution in [0.3, 0.4) is 0 Å². The van der Waals surface area contributed by atoms with E-state index in [1.165, 1.54) is 12.8 Å². The maximum absolute atomic E-state index is 5.61. The standard InChI is InChI=1S/C12H28N2/c1-5-11(3)7-10-14-12(4,6-2)8-9-13/h11,14H,5-10,13H2,1-4H3. The van der Waals surface area contributed by atoms with Gasteiger partial charge in [-0.3, -0.25) is 0 Å². The lowest BCUT2D eigenvalue weighted by Crippen LogP contribution is -2.44. The summed E-state index contributed by atoms with van der Waals surface area (Å²) in [6.07, 6.45) is 4.78. The fourth-order valence-electron chi connectivity index (χ4n) is 1.53. The second kappa shape index (κ2) is 7.24. The van der Waals surface area contributed by atoms with E-state index < -0.39 is 0 Å². The SMILES string of the molecule is CCC(C)CCNC(C)(CC)CCN. The predicted octanol–water partition coefficient (Wildman–Crippen LogP) is 2.53. The fourth-order valence-corrected chi connectivity index (χ4v) is 1.53. The highest BCUT2D eigenvalue weighted by Gasteiger charge is 2.19. The molecule has 0 aliphatic carbocycles. The van der Waals surface area contributed by atoms with Crippen molar-refractivity contribution in [1.82, 2.24) is 5.32 Å². The van der Waals surface area contributed by atoms with E-state index in [2.05, 4.69) is 33.0 Å². The van der Waals surface area contributed by atoms with Gasteiger partial charge in [-0.15, -0.1) is 0 Å². The molecule has 3 N–H and O–H groups in total. The van der Waals surface area contributed by atoms with E-state index in [1.54, 1.807) is 0 Å². The van der Waals surface area contributed by atoms with E-state index in [-0.39, 0.29) is 5.54 Å². The monoisotopic (exact) mass is 200 g/mol. The zero-order chi connectivity index (χ0) is 11.0. The van der Waals surface area contributed by atoms with Crippen molar-refractivity contribution in [3.63, 3.8) is 0 Å². The Hall–Kier alpha value is -0.0800. The van der Waals surface area contributed by atoms with Crippen LogP contribution in [-0.4, -0.2) is 18.6 Å². The average molecular weight is 200 g/mol. The fraction of sp³-hybridized carbons (Fsp3) is 1.00. The van der Waals surface area contributed by atoms with Gasteiger partial charge in [0.2, 0.25) is 0 Å². The third-order valence-corrected chi connectivity index (χ3v) is 3.36. The lowest BCUT2D eigenvalue weighted by atomic mass is 9.94. The molecule has 0 aromatic rings. The Labute approximate surface area is 89.6 Å². The van der Waals surface area contributed by atoms with Crippen LogP contribution >= 0.6 is 0 Å². The van der Waals surface area contributed by atoms with Crippen LogP contribution in [0.1, 0.15) is 53.4 Å². The summed E-state index contributed by atoms with van der Waals surface area (Å²) in [5, 5.41) is 3.63. The van der Waals surface area contributed by atoms with Crippen molar-refractivity contribution in [2.45, 2.75) is 58.9 Å². The molecule has 14 heavy (non-hydrogen) atoms. The van der Waals surface area contributed by atoms with Crippen LogP contribution in [0.25, 0.3) is 0 Å². The quantitative estimate of drug-likeness (QED) is 0.632. The molecule has 2 atom stereocenters. The van der Waals surface area contributed by atoms with Crippen molar-refractivity contribution >= 4 is 0 Å². The number of hydrogen-bond donors (Lipinski definition) is 2. The minimum absolute atomic E-state index is 0.252. The molecule has 86 valence electrons. The molecule has 0 spiro atoms. The van der Waals surface area contributed by atoms with Crippen molar-refractivity contribution < 1.29 is 0 Å². The van der Waals surface area contributed by atoms with Crippen molar-refractivity contribution in [2.24, 2.45) is 11.7 Å². The van der Waals surface area contributed by atoms with Crippen LogP contribution in [0.5, 0.6) is 0 Å². The van der Waals surface area contributed by atoms with Crippen molar-refractivity contribution in [3.05, 3.63) is 0 Å². The Balaban J connectivity index is 3.72. The van der Waals surface area contributed by atoms with E-state index in [9.17, 15) is 0 Å². The highest BCUT2D eigenvalue weighted by Crippen LogP contribution is 2.14. The first-order valence-electron chi connectivity index (χ1n) is 6.03. The van der Waals surface area contributed by atoms with Crippen LogP contribution in [0.15, 0.2) is 0 Å². The largest absolute Gasteiger partial charge is 0.330 e. The first kappa shape index (κ1) is 13.9. The lowest BCUT2D eigenvalue weighted by molar-refractivity contribution is 0.311. The van der Waals surface area contributed by atoms with Crippen LogP contribution in [0.2, 0.25) is 0 Å². The topological polar surface area (TPSA) is 38.0 Å². The maximum Gasteiger partial charge on any atom is 0.0162 e. The Morgan fingerprint density at radius 1 is 1.36 bits per heavy atom. The van der Waals surface area contributed by atoms with Gasteiger partial charge in [-0.2, -0.15) is 0 Å². The maximum atomic E-state index is 5.61. The number of nitrogens with one attached hydrogen (secondary N) is 1. The molecule has 0 aromatic carbocycles. The third kappa shape index (κ3) is 5.61. The van der Waals surface area contributed by atoms with Crippen LogP contribution in [0.4, 0.5) is 0 Å². The lowest BCUT2D eigenvalue weighted by Gasteiger charge is -2.30. The normalized spacial score (nSPS) is 17.8. The Kier molecular flexibility index (Phi) is 7.20. The molecule has 2 heteroatoms. The number of hydrogen-bond acceptors (Lipinski definition) is 2. The summed E-state index contributed by atoms with van der Waals surface area (Å²) in [5.74, 6) is 0.835. The summed E-state index contributed by atoms with van der Waals surface area (Å²) in [6, 6.07) is 0. The molecular formula is C12H28N2. The predicted molar refractivity (Wildman–Crippen MR) is 64.4 cm³/mol. The van der Waals surface area contributed by atoms with Gasteiger partial charge >= 0.3 is 0 Å². The third-order valence-electron chi connectivity index (χ3n) is 3.36. The first-order valence-corrected chi connectivity index (χ1v) is 6.03. The molecule has 0 aromatic heterocycles. The molecule has 0 saturated heterocycles. The molecule has 2 nitrogen and oxygen atoms in total. The molecular weight excluding hydrogens is 172 g/mol. The summed E-state index contributed by atoms with van der Waals surface area (Å²) in [5.41, 5.74) is 5.86. The van der Waals surface area contributed by atoms with Gasteiger partial charge in [-0.1, -0.05) is 27.2 Å². The zero-order valence-corrected chi connectivity index (χ0v) is 10.4. The van der Waals surface area contributed by atoms with Gasteiger partial charge in [0.1, 0.15) is 0 Å². The van der Waals surface area contributed by atoms with E-state index >= 15 is 0 Å². The van der Waals surface area contributed by atoms with Gasteiger partial charge in [0.25, 0.3) is 0 Å². The molecule has 0 saturated carbocycles. The molecule has 0 aliphatic rings. The number of rotatable bonds is 8. The van der Waals surface area contributed by atoms with Crippen molar-refractivity contribution in [3.8, 4) is 0 Å². The second-order valence-electron chi connectivity index (χ2n) is 4.68. The Morgan fingerprint density at radius 2 is 2.00 bits per heavy atom. The summed E-state index contributed by atoms with van der Waals surface area (Å²) in [6.45, 7) is 11.0. The number of nitrogens with two attached hydrogens (primary N) is 1. The summed E-state index contributed by atoms with van der Waals surface area (Å²) < 4.78 is 0. The molecule has 0 fully saturated rings. The highest BCUT2D eigenvalue weighted by atomic mass is 15.0. The summed E-state index contributed by atoms with van der Waals surface area (Å²) in [7, 11) is 0. The molecule has 0 rings (SSSR count). The van der Waals surface area contributed by atoms with Gasteiger partial charge in [-0.05, 0) is 45.2 Å². The van der Waals surface area contributed by atoms with Gasteiger partial charge in [0, 0.05) is 5.54 Å². The zero-order valence-electron chi connectivity index (χ0n) is 10.4. The molecule has 0 aliphatic heterocycles. The summed E-state index contributed by atoms with van der Waals surface area (Å²) in [4.78, 5) is 0. The Morgan fingerprint density at radius 3 is 2.43 bits per heavy atom. The average Bonchev–Trinajstić information content (AvgIpc) is 2.18. The van der Waals surface area contributed by atoms with Gasteiger partial charge < -0.3 is 11.1 Å². The van der Waals surface area contributed by atoms with E-state index in [0.717, 1.165) is 31.8 Å². The van der Waals surface area contributed by atoms with Crippen LogP contribution in [0, 0.1) is 5.92 Å². The van der Waals surface area contributed by atoms with Crippen LogP contribution in [-0.2, 0) is 0 Å². The molecule has 0 bridgehead atoms. The molecule has 2 unspecified atom stereocenters. The van der Waals surface area contributed by atoms with E-state index in [0.29, 0.717) is 0 Å². The smallest absolute Gasteiger partial charge is 0.0162 e. The van der Waals surface area contributed by atoms with Gasteiger partial charge in [0.05, 0.1) is 0 Å². The van der Waals surface area contributed by atoms with Crippen LogP contribution < -0.4 is 11.1 Å². The first-order chi connectivity index (χ1) is 6.58. The second-order valence-corrected chi connectivity index (χ2v) is 4.68. The van der Waals surface area contributed by atoms with E-state index in [4.69, 9.17) is 5.73 Å². The summed E-state index contributed by atoms with van der Waals surface area (Å²) >= 11 is 0. The molecule has 0 radical (unpaired) electrons. The minimum Gasteiger partial charge on any atom is -0.330 e. The van der Waals surface area contributed by atoms with Gasteiger partial charge in [0.15, 0.2) is 0 Å². The Bertz CT molecular complexity index is 136. The van der Waals surface area contributed by atoms with Crippen molar-refractivity contribution in [1.29, 1.82) is 0 Å². The van der Waals surface area contributed by atoms with Gasteiger partial charge in [-0.25, -0.2) is 0 Å². The highest BCUT2D eigenvalue weighted by molar-refractivity contribution is 4.81. The minimum atomic E-state index is 0.252. The van der Waals surface area contributed by atoms with E-state index in [1.807, 2.05) is 0 Å². The molecule has 0 heterocycles.